The zero-order valence-corrected chi connectivity index (χ0v) is 23.5. The maximum atomic E-state index is 13.2. The number of hydrogen-bond donors (Lipinski definition) is 5. The SMILES string of the molecule is CCCC[C@@H](CP(=O)(O)O[C@@H](C)C(=O)N1CCC[C@H]1C(=O)O)NC(=O)[C@H](CCCCN)NC(=O)C1CCC1. The molecule has 1 aliphatic carbocycles. The van der Waals surface area contributed by atoms with Crippen molar-refractivity contribution < 1.29 is 38.3 Å². The molecule has 2 fully saturated rings. The number of hydrogen-bond acceptors (Lipinski definition) is 7. The molecule has 6 N–H and O–H groups in total. The Morgan fingerprint density at radius 2 is 1.79 bits per heavy atom. The highest BCUT2D eigenvalue weighted by Gasteiger charge is 2.39. The molecule has 3 amide bonds. The standard InChI is InChI=1S/C25H45N4O8P/c1-3-4-11-19(27-23(31)20(12-5-6-14-26)28-22(30)18-9-7-10-18)16-38(35,36)37-17(2)24(32)29-15-8-13-21(29)25(33)34/h17-21H,3-16,26H2,1-2H3,(H,27,31)(H,28,30)(H,33,34)(H,35,36)/t17-,19-,20-,21-/m0/s1. The van der Waals surface area contributed by atoms with E-state index in [2.05, 4.69) is 10.6 Å². The number of likely N-dealkylation sites (tertiary alicyclic amines) is 1. The third-order valence-electron chi connectivity index (χ3n) is 7.25. The average Bonchev–Trinajstić information content (AvgIpc) is 3.30. The first-order valence-corrected chi connectivity index (χ1v) is 15.6. The molecule has 0 aromatic heterocycles. The number of nitrogens with two attached hydrogens (primary N) is 1. The average molecular weight is 561 g/mol. The molecule has 1 heterocycles. The molecule has 1 unspecified atom stereocenters. The van der Waals surface area contributed by atoms with Crippen molar-refractivity contribution in [2.75, 3.05) is 19.3 Å². The molecule has 0 radical (unpaired) electrons. The lowest BCUT2D eigenvalue weighted by atomic mass is 9.84. The van der Waals surface area contributed by atoms with Crippen LogP contribution >= 0.6 is 7.60 Å². The van der Waals surface area contributed by atoms with Gasteiger partial charge in [0.05, 0.1) is 6.16 Å². The van der Waals surface area contributed by atoms with E-state index in [4.69, 9.17) is 10.3 Å². The van der Waals surface area contributed by atoms with Crippen molar-refractivity contribution in [3.63, 3.8) is 0 Å². The van der Waals surface area contributed by atoms with Crippen LogP contribution < -0.4 is 16.4 Å². The van der Waals surface area contributed by atoms with E-state index < -0.39 is 55.8 Å². The van der Waals surface area contributed by atoms with Crippen LogP contribution in [0.1, 0.15) is 84.5 Å². The van der Waals surface area contributed by atoms with E-state index in [9.17, 15) is 33.7 Å². The van der Waals surface area contributed by atoms with Crippen molar-refractivity contribution >= 4 is 31.3 Å². The first-order chi connectivity index (χ1) is 18.0. The highest BCUT2D eigenvalue weighted by molar-refractivity contribution is 7.52. The lowest BCUT2D eigenvalue weighted by Crippen LogP contribution is -2.52. The molecule has 38 heavy (non-hydrogen) atoms. The summed E-state index contributed by atoms with van der Waals surface area (Å²) in [6.45, 7) is 3.99. The van der Waals surface area contributed by atoms with Gasteiger partial charge in [-0.15, -0.1) is 0 Å². The summed E-state index contributed by atoms with van der Waals surface area (Å²) < 4.78 is 18.3. The van der Waals surface area contributed by atoms with Gasteiger partial charge in [0.15, 0.2) is 0 Å². The van der Waals surface area contributed by atoms with Gasteiger partial charge in [0, 0.05) is 18.5 Å². The van der Waals surface area contributed by atoms with E-state index in [0.717, 1.165) is 25.7 Å². The van der Waals surface area contributed by atoms with Crippen molar-refractivity contribution in [3.8, 4) is 0 Å². The van der Waals surface area contributed by atoms with E-state index >= 15 is 0 Å². The molecule has 218 valence electrons. The molecule has 0 aromatic carbocycles. The van der Waals surface area contributed by atoms with Crippen LogP contribution in [0.2, 0.25) is 0 Å². The maximum absolute atomic E-state index is 13.2. The van der Waals surface area contributed by atoms with Gasteiger partial charge < -0.3 is 31.3 Å². The topological polar surface area (TPSA) is 188 Å². The Balaban J connectivity index is 2.03. The van der Waals surface area contributed by atoms with E-state index in [1.54, 1.807) is 0 Å². The second-order valence-electron chi connectivity index (χ2n) is 10.4. The number of carboxylic acids is 1. The zero-order chi connectivity index (χ0) is 28.3. The molecule has 0 aromatic rings. The van der Waals surface area contributed by atoms with E-state index in [0.29, 0.717) is 51.5 Å². The summed E-state index contributed by atoms with van der Waals surface area (Å²) in [5, 5.41) is 15.0. The van der Waals surface area contributed by atoms with Crippen LogP contribution in [0.15, 0.2) is 0 Å². The number of carbonyl (C=O) groups is 4. The normalized spacial score (nSPS) is 21.6. The van der Waals surface area contributed by atoms with Crippen LogP contribution in [0.4, 0.5) is 0 Å². The monoisotopic (exact) mass is 560 g/mol. The number of amides is 3. The number of nitrogens with one attached hydrogen (secondary N) is 2. The lowest BCUT2D eigenvalue weighted by molar-refractivity contribution is -0.151. The van der Waals surface area contributed by atoms with Crippen molar-refractivity contribution in [1.82, 2.24) is 15.5 Å². The fraction of sp³-hybridized carbons (Fsp3) is 0.840. The van der Waals surface area contributed by atoms with Crippen molar-refractivity contribution in [1.29, 1.82) is 0 Å². The molecule has 1 aliphatic heterocycles. The predicted molar refractivity (Wildman–Crippen MR) is 141 cm³/mol. The Kier molecular flexibility index (Phi) is 13.2. The first-order valence-electron chi connectivity index (χ1n) is 13.8. The molecule has 1 saturated carbocycles. The van der Waals surface area contributed by atoms with Gasteiger partial charge >= 0.3 is 13.6 Å². The summed E-state index contributed by atoms with van der Waals surface area (Å²) in [4.78, 5) is 61.7. The summed E-state index contributed by atoms with van der Waals surface area (Å²) in [5.74, 6) is -2.45. The smallest absolute Gasteiger partial charge is 0.330 e. The first kappa shape index (κ1) is 32.2. The van der Waals surface area contributed by atoms with Gasteiger partial charge in [-0.2, -0.15) is 0 Å². The highest BCUT2D eigenvalue weighted by Crippen LogP contribution is 2.45. The number of rotatable bonds is 17. The quantitative estimate of drug-likeness (QED) is 0.130. The number of carboxylic acid groups (broad SMARTS) is 1. The van der Waals surface area contributed by atoms with Gasteiger partial charge in [0.1, 0.15) is 18.2 Å². The van der Waals surface area contributed by atoms with Crippen molar-refractivity contribution in [3.05, 3.63) is 0 Å². The Morgan fingerprint density at radius 1 is 1.08 bits per heavy atom. The van der Waals surface area contributed by atoms with E-state index in [1.165, 1.54) is 11.8 Å². The summed E-state index contributed by atoms with van der Waals surface area (Å²) in [6, 6.07) is -2.47. The predicted octanol–water partition coefficient (Wildman–Crippen LogP) is 1.74. The molecule has 2 rings (SSSR count). The van der Waals surface area contributed by atoms with Crippen LogP contribution in [0.5, 0.6) is 0 Å². The number of nitrogens with zero attached hydrogens (tertiary/aromatic N) is 1. The minimum atomic E-state index is -4.35. The Hall–Kier alpha value is -2.01. The van der Waals surface area contributed by atoms with Gasteiger partial charge in [0.2, 0.25) is 11.8 Å². The second kappa shape index (κ2) is 15.5. The van der Waals surface area contributed by atoms with Gasteiger partial charge in [-0.25, -0.2) is 4.79 Å². The third-order valence-corrected chi connectivity index (χ3v) is 8.80. The minimum Gasteiger partial charge on any atom is -0.480 e. The molecule has 1 saturated heterocycles. The largest absolute Gasteiger partial charge is 0.480 e. The third kappa shape index (κ3) is 9.94. The number of unbranched alkanes of at least 4 members (excludes halogenated alkanes) is 2. The van der Waals surface area contributed by atoms with Crippen LogP contribution in [0.25, 0.3) is 0 Å². The fourth-order valence-corrected chi connectivity index (χ4v) is 6.32. The summed E-state index contributed by atoms with van der Waals surface area (Å²) in [7, 11) is -4.35. The molecule has 5 atom stereocenters. The van der Waals surface area contributed by atoms with Gasteiger partial charge in [-0.3, -0.25) is 23.5 Å². The maximum Gasteiger partial charge on any atom is 0.330 e. The molecule has 2 aliphatic rings. The number of carbonyl (C=O) groups excluding carboxylic acids is 3. The van der Waals surface area contributed by atoms with Crippen molar-refractivity contribution in [2.45, 2.75) is 109 Å². The van der Waals surface area contributed by atoms with E-state index in [-0.39, 0.29) is 18.4 Å². The fourth-order valence-electron chi connectivity index (χ4n) is 4.82. The van der Waals surface area contributed by atoms with Crippen LogP contribution in [-0.2, 0) is 28.3 Å². The molecule has 13 heteroatoms. The minimum absolute atomic E-state index is 0.0860. The van der Waals surface area contributed by atoms with Crippen LogP contribution in [0.3, 0.4) is 0 Å². The zero-order valence-electron chi connectivity index (χ0n) is 22.6. The lowest BCUT2D eigenvalue weighted by Gasteiger charge is -2.29. The van der Waals surface area contributed by atoms with E-state index in [1.807, 2.05) is 6.92 Å². The molecule has 12 nitrogen and oxygen atoms in total. The Labute approximate surface area is 224 Å². The van der Waals surface area contributed by atoms with Crippen LogP contribution in [0, 0.1) is 5.92 Å². The van der Waals surface area contributed by atoms with Crippen LogP contribution in [-0.4, -0.2) is 82.1 Å². The molecule has 0 bridgehead atoms. The molecular weight excluding hydrogens is 515 g/mol. The van der Waals surface area contributed by atoms with Gasteiger partial charge in [-0.1, -0.05) is 26.2 Å². The number of aliphatic carboxylic acids is 1. The highest BCUT2D eigenvalue weighted by atomic mass is 31.2. The van der Waals surface area contributed by atoms with Gasteiger partial charge in [-0.05, 0) is 64.8 Å². The molecule has 0 spiro atoms. The Morgan fingerprint density at radius 3 is 2.37 bits per heavy atom. The van der Waals surface area contributed by atoms with Gasteiger partial charge in [0.25, 0.3) is 5.91 Å². The summed E-state index contributed by atoms with van der Waals surface area (Å²) in [6.07, 6.45) is 5.35. The van der Waals surface area contributed by atoms with Crippen molar-refractivity contribution in [2.24, 2.45) is 11.7 Å². The molecular formula is C25H45N4O8P. The second-order valence-corrected chi connectivity index (χ2v) is 12.3. The summed E-state index contributed by atoms with van der Waals surface area (Å²) in [5.41, 5.74) is 5.58. The summed E-state index contributed by atoms with van der Waals surface area (Å²) >= 11 is 0. The Bertz CT molecular complexity index is 868.